The number of esters is 1. The van der Waals surface area contributed by atoms with Crippen LogP contribution in [-0.4, -0.2) is 17.6 Å². The Morgan fingerprint density at radius 3 is 2.72 bits per heavy atom. The van der Waals surface area contributed by atoms with Crippen molar-refractivity contribution < 1.29 is 13.9 Å². The number of fused-ring (bicyclic) bond motifs is 3. The Hall–Kier alpha value is -2.73. The van der Waals surface area contributed by atoms with Gasteiger partial charge in [-0.05, 0) is 47.2 Å². The number of rotatable bonds is 2. The molecule has 126 valence electrons. The second kappa shape index (κ2) is 5.97. The van der Waals surface area contributed by atoms with Gasteiger partial charge in [0.1, 0.15) is 5.82 Å². The molecule has 1 aliphatic heterocycles. The number of benzene rings is 1. The number of aromatic nitrogens is 1. The van der Waals surface area contributed by atoms with Gasteiger partial charge in [-0.1, -0.05) is 12.1 Å². The number of ether oxygens (including phenoxy) is 1. The highest BCUT2D eigenvalue weighted by atomic mass is 32.1. The molecule has 4 nitrogen and oxygen atoms in total. The average Bonchev–Trinajstić information content (AvgIpc) is 3.11. The van der Waals surface area contributed by atoms with Gasteiger partial charge in [0, 0.05) is 12.1 Å². The average molecular weight is 355 g/mol. The topological polar surface area (TPSA) is 48.3 Å². The van der Waals surface area contributed by atoms with E-state index in [1.807, 2.05) is 11.4 Å². The van der Waals surface area contributed by atoms with E-state index in [0.717, 1.165) is 16.9 Å². The van der Waals surface area contributed by atoms with E-state index in [2.05, 4.69) is 0 Å². The smallest absolute Gasteiger partial charge is 0.340 e. The molecule has 0 atom stereocenters. The molecule has 1 aromatic carbocycles. The molecule has 0 saturated heterocycles. The molecule has 1 aliphatic rings. The van der Waals surface area contributed by atoms with Gasteiger partial charge in [-0.15, -0.1) is 11.3 Å². The van der Waals surface area contributed by atoms with Crippen LogP contribution < -0.4 is 5.56 Å². The first kappa shape index (κ1) is 15.8. The summed E-state index contributed by atoms with van der Waals surface area (Å²) in [5.74, 6) is -0.869. The first-order chi connectivity index (χ1) is 12.1. The molecule has 0 fully saturated rings. The fourth-order valence-electron chi connectivity index (χ4n) is 3.20. The van der Waals surface area contributed by atoms with Crippen LogP contribution in [0.1, 0.15) is 15.9 Å². The number of halogens is 1. The predicted octanol–water partition coefficient (Wildman–Crippen LogP) is 3.73. The van der Waals surface area contributed by atoms with Gasteiger partial charge in [-0.2, -0.15) is 0 Å². The number of aryl methyl sites for hydroxylation is 1. The lowest BCUT2D eigenvalue weighted by Gasteiger charge is -2.22. The summed E-state index contributed by atoms with van der Waals surface area (Å²) in [5.41, 5.74) is 2.84. The largest absolute Gasteiger partial charge is 0.465 e. The maximum Gasteiger partial charge on any atom is 0.340 e. The number of hydrogen-bond acceptors (Lipinski definition) is 4. The molecule has 3 aromatic rings. The standard InChI is InChI=1S/C19H14FNO3S/c1-24-19(23)15-10-14(11-2-4-13(20)5-3-11)18(22)21-8-6-12-7-9-25-17(12)16(15)21/h2-5,7,9-10H,6,8H2,1H3. The molecule has 0 radical (unpaired) electrons. The Balaban J connectivity index is 2.03. The van der Waals surface area contributed by atoms with E-state index in [-0.39, 0.29) is 11.4 Å². The highest BCUT2D eigenvalue weighted by molar-refractivity contribution is 7.13. The van der Waals surface area contributed by atoms with Crippen LogP contribution in [0, 0.1) is 5.82 Å². The molecular formula is C19H14FNO3S. The van der Waals surface area contributed by atoms with Crippen molar-refractivity contribution in [2.75, 3.05) is 7.11 Å². The predicted molar refractivity (Wildman–Crippen MR) is 94.5 cm³/mol. The molecule has 0 aliphatic carbocycles. The number of carbonyl (C=O) groups excluding carboxylic acids is 1. The van der Waals surface area contributed by atoms with Gasteiger partial charge in [-0.25, -0.2) is 9.18 Å². The van der Waals surface area contributed by atoms with Crippen molar-refractivity contribution in [1.29, 1.82) is 0 Å². The maximum absolute atomic E-state index is 13.2. The van der Waals surface area contributed by atoms with Crippen LogP contribution >= 0.6 is 11.3 Å². The molecule has 6 heteroatoms. The van der Waals surface area contributed by atoms with Crippen LogP contribution in [0.3, 0.4) is 0 Å². The van der Waals surface area contributed by atoms with Crippen LogP contribution in [0.5, 0.6) is 0 Å². The zero-order chi connectivity index (χ0) is 17.6. The van der Waals surface area contributed by atoms with Crippen LogP contribution in [0.4, 0.5) is 4.39 Å². The lowest BCUT2D eigenvalue weighted by molar-refractivity contribution is 0.0600. The van der Waals surface area contributed by atoms with Crippen LogP contribution in [0.25, 0.3) is 21.7 Å². The van der Waals surface area contributed by atoms with Crippen molar-refractivity contribution in [2.24, 2.45) is 0 Å². The van der Waals surface area contributed by atoms with Gasteiger partial charge in [0.05, 0.1) is 23.2 Å². The molecule has 0 unspecified atom stereocenters. The first-order valence-corrected chi connectivity index (χ1v) is 8.67. The summed E-state index contributed by atoms with van der Waals surface area (Å²) in [6, 6.07) is 9.26. The molecular weight excluding hydrogens is 341 g/mol. The van der Waals surface area contributed by atoms with E-state index >= 15 is 0 Å². The van der Waals surface area contributed by atoms with E-state index in [9.17, 15) is 14.0 Å². The number of thiophene rings is 1. The Bertz CT molecular complexity index is 1030. The normalized spacial score (nSPS) is 12.4. The van der Waals surface area contributed by atoms with E-state index < -0.39 is 5.97 Å². The third-order valence-electron chi connectivity index (χ3n) is 4.42. The lowest BCUT2D eigenvalue weighted by Crippen LogP contribution is -2.29. The Morgan fingerprint density at radius 2 is 2.00 bits per heavy atom. The van der Waals surface area contributed by atoms with Crippen LogP contribution in [0.2, 0.25) is 0 Å². The van der Waals surface area contributed by atoms with Crippen molar-refractivity contribution in [1.82, 2.24) is 4.57 Å². The van der Waals surface area contributed by atoms with Gasteiger partial charge in [0.15, 0.2) is 0 Å². The minimum absolute atomic E-state index is 0.187. The van der Waals surface area contributed by atoms with Crippen LogP contribution in [-0.2, 0) is 17.7 Å². The van der Waals surface area contributed by atoms with Crippen molar-refractivity contribution in [3.63, 3.8) is 0 Å². The summed E-state index contributed by atoms with van der Waals surface area (Å²) >= 11 is 1.51. The minimum atomic E-state index is -0.492. The SMILES string of the molecule is COC(=O)c1cc(-c2ccc(F)cc2)c(=O)n2c1-c1sccc1CC2. The van der Waals surface area contributed by atoms with Gasteiger partial charge in [-0.3, -0.25) is 4.79 Å². The quantitative estimate of drug-likeness (QED) is 0.658. The molecule has 25 heavy (non-hydrogen) atoms. The van der Waals surface area contributed by atoms with Crippen molar-refractivity contribution in [3.05, 3.63) is 69.1 Å². The van der Waals surface area contributed by atoms with Gasteiger partial charge in [0.25, 0.3) is 5.56 Å². The van der Waals surface area contributed by atoms with E-state index in [1.54, 1.807) is 22.8 Å². The fraction of sp³-hybridized carbons (Fsp3) is 0.158. The number of nitrogens with zero attached hydrogens (tertiary/aromatic N) is 1. The summed E-state index contributed by atoms with van der Waals surface area (Å²) in [4.78, 5) is 26.3. The number of methoxy groups -OCH3 is 1. The van der Waals surface area contributed by atoms with Crippen molar-refractivity contribution in [3.8, 4) is 21.7 Å². The maximum atomic E-state index is 13.2. The third kappa shape index (κ3) is 2.49. The van der Waals surface area contributed by atoms with E-state index in [1.165, 1.54) is 30.6 Å². The zero-order valence-electron chi connectivity index (χ0n) is 13.4. The van der Waals surface area contributed by atoms with Gasteiger partial charge in [0.2, 0.25) is 0 Å². The van der Waals surface area contributed by atoms with Crippen LogP contribution in [0.15, 0.2) is 46.6 Å². The zero-order valence-corrected chi connectivity index (χ0v) is 14.2. The Morgan fingerprint density at radius 1 is 1.24 bits per heavy atom. The summed E-state index contributed by atoms with van der Waals surface area (Å²) in [7, 11) is 1.32. The summed E-state index contributed by atoms with van der Waals surface area (Å²) in [6.45, 7) is 0.497. The van der Waals surface area contributed by atoms with Crippen molar-refractivity contribution >= 4 is 17.3 Å². The highest BCUT2D eigenvalue weighted by Gasteiger charge is 2.27. The third-order valence-corrected chi connectivity index (χ3v) is 5.38. The monoisotopic (exact) mass is 355 g/mol. The number of carbonyl (C=O) groups is 1. The Labute approximate surface area is 147 Å². The molecule has 4 rings (SSSR count). The molecule has 0 bridgehead atoms. The number of hydrogen-bond donors (Lipinski definition) is 0. The van der Waals surface area contributed by atoms with E-state index in [0.29, 0.717) is 28.9 Å². The Kier molecular flexibility index (Phi) is 3.77. The van der Waals surface area contributed by atoms with Gasteiger partial charge >= 0.3 is 5.97 Å². The molecule has 0 amide bonds. The second-order valence-corrected chi connectivity index (χ2v) is 6.72. The van der Waals surface area contributed by atoms with Crippen molar-refractivity contribution in [2.45, 2.75) is 13.0 Å². The number of pyridine rings is 1. The summed E-state index contributed by atoms with van der Waals surface area (Å²) < 4.78 is 19.8. The second-order valence-electron chi connectivity index (χ2n) is 5.80. The summed E-state index contributed by atoms with van der Waals surface area (Å²) in [6.07, 6.45) is 0.735. The molecule has 0 N–H and O–H groups in total. The van der Waals surface area contributed by atoms with Gasteiger partial charge < -0.3 is 9.30 Å². The summed E-state index contributed by atoms with van der Waals surface area (Å²) in [5, 5.41) is 1.96. The molecule has 0 saturated carbocycles. The highest BCUT2D eigenvalue weighted by Crippen LogP contribution is 2.36. The minimum Gasteiger partial charge on any atom is -0.465 e. The fourth-order valence-corrected chi connectivity index (χ4v) is 4.22. The molecule has 0 spiro atoms. The molecule has 3 heterocycles. The lowest BCUT2D eigenvalue weighted by atomic mass is 9.98. The van der Waals surface area contributed by atoms with E-state index in [4.69, 9.17) is 4.74 Å². The first-order valence-electron chi connectivity index (χ1n) is 7.79. The molecule has 2 aromatic heterocycles.